The molecule has 1 aromatic heterocycles. The van der Waals surface area contributed by atoms with Gasteiger partial charge in [0, 0.05) is 26.2 Å². The van der Waals surface area contributed by atoms with Crippen LogP contribution < -0.4 is 10.0 Å². The molecule has 0 aliphatic carbocycles. The van der Waals surface area contributed by atoms with Crippen molar-refractivity contribution >= 4 is 62.9 Å². The number of hydrogen-bond donors (Lipinski definition) is 2. The molecule has 2 rings (SSSR count). The van der Waals surface area contributed by atoms with E-state index in [9.17, 15) is 8.42 Å². The molecule has 0 bridgehead atoms. The number of likely N-dealkylation sites (tertiary alicyclic amines) is 1. The molecule has 1 atom stereocenters. The van der Waals surface area contributed by atoms with E-state index in [0.29, 0.717) is 16.8 Å². The van der Waals surface area contributed by atoms with Crippen LogP contribution in [0.4, 0.5) is 0 Å². The number of aliphatic imine (C=N–C) groups is 1. The van der Waals surface area contributed by atoms with E-state index in [-0.39, 0.29) is 34.7 Å². The molecule has 1 fully saturated rings. The van der Waals surface area contributed by atoms with Crippen LogP contribution in [0, 0.1) is 5.92 Å². The Morgan fingerprint density at radius 1 is 1.48 bits per heavy atom. The predicted octanol–water partition coefficient (Wildman–Crippen LogP) is 3.00. The molecule has 2 heterocycles. The summed E-state index contributed by atoms with van der Waals surface area (Å²) in [4.78, 5) is 6.81. The van der Waals surface area contributed by atoms with Gasteiger partial charge < -0.3 is 10.2 Å². The third-order valence-corrected chi connectivity index (χ3v) is 6.95. The number of sulfonamides is 1. The number of rotatable bonds is 6. The van der Waals surface area contributed by atoms with Crippen LogP contribution in [0.25, 0.3) is 0 Å². The normalized spacial score (nSPS) is 18.8. The van der Waals surface area contributed by atoms with Crippen molar-refractivity contribution in [1.29, 1.82) is 0 Å². The molecule has 144 valence electrons. The Hall–Kier alpha value is -0.100. The van der Waals surface area contributed by atoms with Crippen molar-refractivity contribution in [3.05, 3.63) is 16.5 Å². The molecule has 0 aromatic carbocycles. The largest absolute Gasteiger partial charge is 0.357 e. The lowest BCUT2D eigenvalue weighted by Crippen LogP contribution is -2.46. The molecule has 2 N–H and O–H groups in total. The van der Waals surface area contributed by atoms with Gasteiger partial charge >= 0.3 is 0 Å². The Kier molecular flexibility index (Phi) is 10.0. The van der Waals surface area contributed by atoms with Gasteiger partial charge in [0.1, 0.15) is 4.21 Å². The first-order valence-corrected chi connectivity index (χ1v) is 10.9. The molecule has 0 saturated carbocycles. The van der Waals surface area contributed by atoms with Crippen LogP contribution in [0.15, 0.2) is 21.3 Å². The minimum Gasteiger partial charge on any atom is -0.357 e. The predicted molar refractivity (Wildman–Crippen MR) is 116 cm³/mol. The number of nitrogens with one attached hydrogen (secondary N) is 2. The van der Waals surface area contributed by atoms with Crippen molar-refractivity contribution in [2.24, 2.45) is 10.9 Å². The van der Waals surface area contributed by atoms with Gasteiger partial charge in [0.25, 0.3) is 0 Å². The van der Waals surface area contributed by atoms with E-state index >= 15 is 0 Å². The molecule has 1 saturated heterocycles. The summed E-state index contributed by atoms with van der Waals surface area (Å²) in [6.07, 6.45) is 2.41. The lowest BCUT2D eigenvalue weighted by Gasteiger charge is -2.33. The highest BCUT2D eigenvalue weighted by Gasteiger charge is 2.19. The van der Waals surface area contributed by atoms with Crippen molar-refractivity contribution in [1.82, 2.24) is 14.9 Å². The van der Waals surface area contributed by atoms with E-state index < -0.39 is 10.0 Å². The van der Waals surface area contributed by atoms with Crippen LogP contribution in [-0.4, -0.2) is 52.0 Å². The summed E-state index contributed by atoms with van der Waals surface area (Å²) in [6.45, 7) is 7.72. The van der Waals surface area contributed by atoms with Gasteiger partial charge in [-0.15, -0.1) is 35.3 Å². The van der Waals surface area contributed by atoms with Crippen molar-refractivity contribution in [2.75, 3.05) is 32.7 Å². The minimum atomic E-state index is -3.50. The van der Waals surface area contributed by atoms with E-state index in [1.54, 1.807) is 6.07 Å². The fourth-order valence-corrected chi connectivity index (χ4v) is 5.21. The number of nitrogens with zero attached hydrogens (tertiary/aromatic N) is 2. The molecule has 0 amide bonds. The maximum atomic E-state index is 12.1. The molecule has 1 aromatic rings. The van der Waals surface area contributed by atoms with E-state index in [0.717, 1.165) is 43.4 Å². The molecule has 0 radical (unpaired) electrons. The summed E-state index contributed by atoms with van der Waals surface area (Å²) in [5.74, 6) is 1.52. The van der Waals surface area contributed by atoms with Gasteiger partial charge in [0.2, 0.25) is 10.0 Å². The summed E-state index contributed by atoms with van der Waals surface area (Å²) >= 11 is 6.84. The molecular weight excluding hydrogens is 495 g/mol. The van der Waals surface area contributed by atoms with Gasteiger partial charge in [-0.05, 0) is 37.8 Å². The molecule has 0 spiro atoms. The third-order valence-electron chi connectivity index (χ3n) is 3.77. The first kappa shape index (κ1) is 22.9. The van der Waals surface area contributed by atoms with E-state index in [2.05, 4.69) is 26.9 Å². The van der Waals surface area contributed by atoms with Gasteiger partial charge in [-0.3, -0.25) is 4.99 Å². The molecule has 10 heteroatoms. The second kappa shape index (κ2) is 10.9. The monoisotopic (exact) mass is 520 g/mol. The second-order valence-corrected chi connectivity index (χ2v) is 9.59. The lowest BCUT2D eigenvalue weighted by atomic mass is 10.0. The van der Waals surface area contributed by atoms with E-state index in [1.165, 1.54) is 12.5 Å². The SMILES string of the molecule is CCNC(=NCCNS(=O)(=O)c1ccc(Cl)s1)N1CCCC(C)C1.I. The standard InChI is InChI=1S/C15H25ClN4O2S2.HI/c1-3-17-15(20-10-4-5-12(2)11-20)18-8-9-19-24(21,22)14-7-6-13(16)23-14;/h6-7,12,19H,3-5,8-11H2,1-2H3,(H,17,18);1H. The number of hydrogen-bond acceptors (Lipinski definition) is 4. The zero-order chi connectivity index (χ0) is 17.6. The minimum absolute atomic E-state index is 0. The summed E-state index contributed by atoms with van der Waals surface area (Å²) in [5, 5.41) is 3.29. The van der Waals surface area contributed by atoms with E-state index in [4.69, 9.17) is 11.6 Å². The number of thiophene rings is 1. The number of guanidine groups is 1. The van der Waals surface area contributed by atoms with Gasteiger partial charge in [-0.1, -0.05) is 18.5 Å². The highest BCUT2D eigenvalue weighted by Crippen LogP contribution is 2.25. The highest BCUT2D eigenvalue weighted by atomic mass is 127. The topological polar surface area (TPSA) is 73.8 Å². The highest BCUT2D eigenvalue weighted by molar-refractivity contribution is 14.0. The Labute approximate surface area is 176 Å². The first-order chi connectivity index (χ1) is 11.4. The Balaban J connectivity index is 0.00000312. The third kappa shape index (κ3) is 7.20. The second-order valence-electron chi connectivity index (χ2n) is 5.89. The van der Waals surface area contributed by atoms with Crippen molar-refractivity contribution in [3.63, 3.8) is 0 Å². The lowest BCUT2D eigenvalue weighted by molar-refractivity contribution is 0.266. The fourth-order valence-electron chi connectivity index (χ4n) is 2.66. The Bertz CT molecular complexity index is 666. The van der Waals surface area contributed by atoms with Gasteiger partial charge in [-0.25, -0.2) is 13.1 Å². The van der Waals surface area contributed by atoms with Crippen molar-refractivity contribution in [3.8, 4) is 0 Å². The van der Waals surface area contributed by atoms with Gasteiger partial charge in [0.05, 0.1) is 10.9 Å². The summed E-state index contributed by atoms with van der Waals surface area (Å²) in [6, 6.07) is 3.09. The number of halogens is 2. The maximum absolute atomic E-state index is 12.1. The molecule has 1 aliphatic heterocycles. The summed E-state index contributed by atoms with van der Waals surface area (Å²) in [5.41, 5.74) is 0. The van der Waals surface area contributed by atoms with Crippen molar-refractivity contribution < 1.29 is 8.42 Å². The average molecular weight is 521 g/mol. The molecule has 1 unspecified atom stereocenters. The smallest absolute Gasteiger partial charge is 0.250 e. The van der Waals surface area contributed by atoms with Crippen LogP contribution in [0.3, 0.4) is 0 Å². The van der Waals surface area contributed by atoms with Crippen molar-refractivity contribution in [2.45, 2.75) is 30.9 Å². The van der Waals surface area contributed by atoms with Crippen LogP contribution in [0.2, 0.25) is 4.34 Å². The van der Waals surface area contributed by atoms with Crippen LogP contribution in [-0.2, 0) is 10.0 Å². The number of piperidine rings is 1. The summed E-state index contributed by atoms with van der Waals surface area (Å²) in [7, 11) is -3.50. The zero-order valence-electron chi connectivity index (χ0n) is 14.5. The van der Waals surface area contributed by atoms with Crippen LogP contribution >= 0.6 is 46.9 Å². The maximum Gasteiger partial charge on any atom is 0.250 e. The average Bonchev–Trinajstić information content (AvgIpc) is 2.98. The molecule has 6 nitrogen and oxygen atoms in total. The fraction of sp³-hybridized carbons (Fsp3) is 0.667. The first-order valence-electron chi connectivity index (χ1n) is 8.20. The van der Waals surface area contributed by atoms with E-state index in [1.807, 2.05) is 6.92 Å². The molecule has 1 aliphatic rings. The molecular formula is C15H26ClIN4O2S2. The summed E-state index contributed by atoms with van der Waals surface area (Å²) < 4.78 is 27.5. The Morgan fingerprint density at radius 2 is 2.24 bits per heavy atom. The van der Waals surface area contributed by atoms with Crippen LogP contribution in [0.5, 0.6) is 0 Å². The quantitative estimate of drug-likeness (QED) is 0.262. The molecule has 25 heavy (non-hydrogen) atoms. The zero-order valence-corrected chi connectivity index (χ0v) is 19.2. The van der Waals surface area contributed by atoms with Crippen LogP contribution in [0.1, 0.15) is 26.7 Å². The van der Waals surface area contributed by atoms with Gasteiger partial charge in [0.15, 0.2) is 5.96 Å². The Morgan fingerprint density at radius 3 is 2.84 bits per heavy atom. The van der Waals surface area contributed by atoms with Gasteiger partial charge in [-0.2, -0.15) is 0 Å².